The summed E-state index contributed by atoms with van der Waals surface area (Å²) in [6.07, 6.45) is 1.39. The SMILES string of the molecule is Fn1cccc[c]1=[W]. The van der Waals surface area contributed by atoms with E-state index in [1.54, 1.807) is 12.1 Å². The van der Waals surface area contributed by atoms with Gasteiger partial charge in [-0.25, -0.2) is 0 Å². The van der Waals surface area contributed by atoms with Gasteiger partial charge in [0.2, 0.25) is 0 Å². The fraction of sp³-hybridized carbons (Fsp3) is 0. The summed E-state index contributed by atoms with van der Waals surface area (Å²) in [5.74, 6) is 0. The van der Waals surface area contributed by atoms with Gasteiger partial charge in [0.25, 0.3) is 0 Å². The Balaban J connectivity index is 3.35. The monoisotopic (exact) mass is 281 g/mol. The van der Waals surface area contributed by atoms with Crippen molar-refractivity contribution in [3.05, 3.63) is 28.1 Å². The third-order valence-corrected chi connectivity index (χ3v) is 1.89. The molecule has 0 amide bonds. The van der Waals surface area contributed by atoms with E-state index in [-0.39, 0.29) is 0 Å². The number of rotatable bonds is 0. The van der Waals surface area contributed by atoms with Gasteiger partial charge in [-0.15, -0.1) is 0 Å². The number of pyridine rings is 1. The molecule has 0 aromatic carbocycles. The Kier molecular flexibility index (Phi) is 1.74. The van der Waals surface area contributed by atoms with Gasteiger partial charge in [0, 0.05) is 0 Å². The third kappa shape index (κ3) is 1.13. The van der Waals surface area contributed by atoms with Crippen LogP contribution in [0.2, 0.25) is 0 Å². The van der Waals surface area contributed by atoms with Crippen LogP contribution in [0.5, 0.6) is 0 Å². The normalized spacial score (nSPS) is 9.12. The molecule has 0 unspecified atom stereocenters. The molecule has 0 spiro atoms. The average Bonchev–Trinajstić information content (AvgIpc) is 1.77. The first-order valence-electron chi connectivity index (χ1n) is 2.14. The van der Waals surface area contributed by atoms with Gasteiger partial charge in [-0.1, -0.05) is 0 Å². The summed E-state index contributed by atoms with van der Waals surface area (Å²) in [5, 5.41) is 0. The van der Waals surface area contributed by atoms with Crippen molar-refractivity contribution in [1.29, 1.82) is 0 Å². The Morgan fingerprint density at radius 3 is 2.62 bits per heavy atom. The molecule has 0 radical (unpaired) electrons. The van der Waals surface area contributed by atoms with Crippen LogP contribution in [0, 0.1) is 3.67 Å². The maximum absolute atomic E-state index is 12.3. The number of hydrogen-bond acceptors (Lipinski definition) is 0. The van der Waals surface area contributed by atoms with Crippen LogP contribution in [0.1, 0.15) is 0 Å². The van der Waals surface area contributed by atoms with E-state index >= 15 is 0 Å². The number of halogens is 1. The van der Waals surface area contributed by atoms with Crippen molar-refractivity contribution in [3.8, 4) is 0 Å². The number of aromatic nitrogens is 1. The first-order valence-corrected chi connectivity index (χ1v) is 3.61. The number of hydrogen-bond donors (Lipinski definition) is 0. The molecule has 0 saturated heterocycles. The second-order valence-electron chi connectivity index (χ2n) is 1.35. The molecule has 0 aliphatic carbocycles. The Hall–Kier alpha value is -0.232. The van der Waals surface area contributed by atoms with Crippen molar-refractivity contribution >= 4 is 0 Å². The van der Waals surface area contributed by atoms with Gasteiger partial charge in [0.1, 0.15) is 0 Å². The first-order chi connectivity index (χ1) is 3.80. The summed E-state index contributed by atoms with van der Waals surface area (Å²) in [6.45, 7) is 0. The summed E-state index contributed by atoms with van der Waals surface area (Å²) in [7, 11) is 0. The van der Waals surface area contributed by atoms with Crippen molar-refractivity contribution in [1.82, 2.24) is 4.79 Å². The Morgan fingerprint density at radius 2 is 2.25 bits per heavy atom. The van der Waals surface area contributed by atoms with Crippen LogP contribution in [-0.2, 0) is 19.4 Å². The molecular weight excluding hydrogens is 277 g/mol. The van der Waals surface area contributed by atoms with Crippen molar-refractivity contribution in [2.24, 2.45) is 0 Å². The molecule has 0 fully saturated rings. The zero-order valence-corrected chi connectivity index (χ0v) is 6.98. The topological polar surface area (TPSA) is 4.93 Å². The summed E-state index contributed by atoms with van der Waals surface area (Å²) in [4.78, 5) is 0.620. The molecule has 0 saturated carbocycles. The fourth-order valence-corrected chi connectivity index (χ4v) is 0.909. The molecular formula is C5H4FNW. The molecule has 0 aliphatic rings. The zero-order chi connectivity index (χ0) is 5.98. The second kappa shape index (κ2) is 2.36. The van der Waals surface area contributed by atoms with E-state index < -0.39 is 0 Å². The molecule has 0 aliphatic heterocycles. The van der Waals surface area contributed by atoms with Crippen molar-refractivity contribution in [2.75, 3.05) is 0 Å². The van der Waals surface area contributed by atoms with Crippen LogP contribution in [0.3, 0.4) is 0 Å². The van der Waals surface area contributed by atoms with Gasteiger partial charge in [-0.3, -0.25) is 0 Å². The second-order valence-corrected chi connectivity index (χ2v) is 2.85. The zero-order valence-electron chi connectivity index (χ0n) is 4.04. The predicted molar refractivity (Wildman–Crippen MR) is 24.2 cm³/mol. The van der Waals surface area contributed by atoms with E-state index in [1.165, 1.54) is 6.20 Å². The predicted octanol–water partition coefficient (Wildman–Crippen LogP) is 1.30. The van der Waals surface area contributed by atoms with Gasteiger partial charge >= 0.3 is 56.7 Å². The Labute approximate surface area is 57.1 Å². The van der Waals surface area contributed by atoms with Crippen LogP contribution >= 0.6 is 0 Å². The van der Waals surface area contributed by atoms with Gasteiger partial charge in [0.05, 0.1) is 0 Å². The van der Waals surface area contributed by atoms with E-state index in [0.29, 0.717) is 8.46 Å². The van der Waals surface area contributed by atoms with Crippen LogP contribution in [0.15, 0.2) is 24.4 Å². The van der Waals surface area contributed by atoms with E-state index in [2.05, 4.69) is 0 Å². The summed E-state index contributed by atoms with van der Waals surface area (Å²) in [5.41, 5.74) is 0. The minimum absolute atomic E-state index is 0.620. The van der Waals surface area contributed by atoms with E-state index in [9.17, 15) is 4.48 Å². The van der Waals surface area contributed by atoms with Crippen LogP contribution < -0.4 is 0 Å². The molecule has 8 heavy (non-hydrogen) atoms. The molecule has 1 rings (SSSR count). The molecule has 3 heteroatoms. The average molecular weight is 281 g/mol. The van der Waals surface area contributed by atoms with Gasteiger partial charge < -0.3 is 0 Å². The number of nitrogens with zero attached hydrogens (tertiary/aromatic N) is 1. The van der Waals surface area contributed by atoms with Gasteiger partial charge in [0.15, 0.2) is 0 Å². The Bertz CT molecular complexity index is 230. The molecule has 1 nitrogen and oxygen atoms in total. The van der Waals surface area contributed by atoms with Gasteiger partial charge in [-0.2, -0.15) is 0 Å². The van der Waals surface area contributed by atoms with E-state index in [0.717, 1.165) is 19.4 Å². The van der Waals surface area contributed by atoms with Crippen molar-refractivity contribution in [2.45, 2.75) is 0 Å². The quantitative estimate of drug-likeness (QED) is 0.675. The fourth-order valence-electron chi connectivity index (χ4n) is 0.408. The maximum atomic E-state index is 12.3. The molecule has 1 heterocycles. The van der Waals surface area contributed by atoms with Crippen LogP contribution in [0.25, 0.3) is 0 Å². The van der Waals surface area contributed by atoms with Crippen LogP contribution in [0.4, 0.5) is 4.48 Å². The van der Waals surface area contributed by atoms with Crippen molar-refractivity contribution in [3.63, 3.8) is 0 Å². The minimum atomic E-state index is 0.620. The molecule has 42 valence electrons. The molecule has 0 atom stereocenters. The summed E-state index contributed by atoms with van der Waals surface area (Å²) >= 11 is 1.14. The molecule has 1 aromatic rings. The summed E-state index contributed by atoms with van der Waals surface area (Å²) < 4.78 is 13.0. The first kappa shape index (κ1) is 5.90. The van der Waals surface area contributed by atoms with Crippen molar-refractivity contribution < 1.29 is 23.8 Å². The molecule has 1 aromatic heterocycles. The third-order valence-electron chi connectivity index (χ3n) is 0.777. The standard InChI is InChI=1S/C5H4FN.W/c6-7-4-2-1-3-5-7;/h1-4H;. The van der Waals surface area contributed by atoms with E-state index in [1.807, 2.05) is 6.07 Å². The molecule has 0 bridgehead atoms. The van der Waals surface area contributed by atoms with Crippen LogP contribution in [-0.4, -0.2) is 4.79 Å². The summed E-state index contributed by atoms with van der Waals surface area (Å²) in [6, 6.07) is 5.22. The Morgan fingerprint density at radius 1 is 1.50 bits per heavy atom. The van der Waals surface area contributed by atoms with E-state index in [4.69, 9.17) is 0 Å². The van der Waals surface area contributed by atoms with Gasteiger partial charge in [-0.05, 0) is 0 Å². The molecule has 0 N–H and O–H groups in total.